The summed E-state index contributed by atoms with van der Waals surface area (Å²) in [5, 5.41) is 9.99. The van der Waals surface area contributed by atoms with E-state index in [1.807, 2.05) is 54.1 Å². The van der Waals surface area contributed by atoms with Gasteiger partial charge in [0.05, 0.1) is 17.3 Å². The molecule has 0 spiro atoms. The normalized spacial score (nSPS) is 18.0. The van der Waals surface area contributed by atoms with Gasteiger partial charge < -0.3 is 21.1 Å². The van der Waals surface area contributed by atoms with E-state index in [4.69, 9.17) is 10.5 Å². The SMILES string of the molecule is Cc1ccccc1-n1nccc1[C@H]1OCC[C@@H]1C(=O)NCc1ccc(NC(N)=O)cc1. The number of amides is 3. The highest BCUT2D eigenvalue weighted by Gasteiger charge is 2.37. The molecule has 0 radical (unpaired) electrons. The number of rotatable bonds is 6. The van der Waals surface area contributed by atoms with Gasteiger partial charge in [-0.3, -0.25) is 4.79 Å². The lowest BCUT2D eigenvalue weighted by atomic mass is 9.97. The Morgan fingerprint density at radius 1 is 1.16 bits per heavy atom. The smallest absolute Gasteiger partial charge is 0.316 e. The van der Waals surface area contributed by atoms with Gasteiger partial charge in [-0.25, -0.2) is 9.48 Å². The van der Waals surface area contributed by atoms with Crippen molar-refractivity contribution in [2.24, 2.45) is 11.7 Å². The Hall–Kier alpha value is -3.65. The average Bonchev–Trinajstić information content (AvgIpc) is 3.42. The van der Waals surface area contributed by atoms with Gasteiger partial charge in [0.2, 0.25) is 5.91 Å². The number of aromatic nitrogens is 2. The number of nitrogens with two attached hydrogens (primary N) is 1. The minimum Gasteiger partial charge on any atom is -0.371 e. The number of benzene rings is 2. The molecule has 4 rings (SSSR count). The summed E-state index contributed by atoms with van der Waals surface area (Å²) in [5.41, 5.74) is 9.58. The van der Waals surface area contributed by atoms with Gasteiger partial charge in [-0.1, -0.05) is 30.3 Å². The highest BCUT2D eigenvalue weighted by molar-refractivity contribution is 5.87. The molecule has 2 heterocycles. The Bertz CT molecular complexity index is 1080. The largest absolute Gasteiger partial charge is 0.371 e. The number of anilines is 1. The van der Waals surface area contributed by atoms with Gasteiger partial charge in [0, 0.05) is 25.0 Å². The topological polar surface area (TPSA) is 111 Å². The first kappa shape index (κ1) is 20.6. The summed E-state index contributed by atoms with van der Waals surface area (Å²) in [4.78, 5) is 23.9. The van der Waals surface area contributed by atoms with Crippen molar-refractivity contribution in [1.82, 2.24) is 15.1 Å². The summed E-state index contributed by atoms with van der Waals surface area (Å²) in [7, 11) is 0. The molecule has 1 saturated heterocycles. The van der Waals surface area contributed by atoms with Gasteiger partial charge in [0.15, 0.2) is 0 Å². The van der Waals surface area contributed by atoms with Gasteiger partial charge in [0.1, 0.15) is 6.10 Å². The Morgan fingerprint density at radius 2 is 1.94 bits per heavy atom. The van der Waals surface area contributed by atoms with Crippen molar-refractivity contribution in [2.45, 2.75) is 26.0 Å². The third-order valence-corrected chi connectivity index (χ3v) is 5.42. The van der Waals surface area contributed by atoms with Crippen LogP contribution < -0.4 is 16.4 Å². The molecule has 1 fully saturated rings. The standard InChI is InChI=1S/C23H25N5O3/c1-15-4-2-3-5-19(15)28-20(10-12-26-28)21-18(11-13-31-21)22(29)25-14-16-6-8-17(9-7-16)27-23(24)30/h2-10,12,18,21H,11,13-14H2,1H3,(H,25,29)(H3,24,27,30)/t18-,21-/m0/s1. The molecule has 31 heavy (non-hydrogen) atoms. The fourth-order valence-electron chi connectivity index (χ4n) is 3.85. The molecule has 0 aliphatic carbocycles. The van der Waals surface area contributed by atoms with Gasteiger partial charge in [-0.2, -0.15) is 5.10 Å². The van der Waals surface area contributed by atoms with Crippen molar-refractivity contribution >= 4 is 17.6 Å². The van der Waals surface area contributed by atoms with E-state index in [2.05, 4.69) is 15.7 Å². The molecule has 0 unspecified atom stereocenters. The molecule has 8 heteroatoms. The van der Waals surface area contributed by atoms with Crippen LogP contribution in [0.5, 0.6) is 0 Å². The molecule has 0 bridgehead atoms. The van der Waals surface area contributed by atoms with Crippen LogP contribution in [0.15, 0.2) is 60.8 Å². The number of para-hydroxylation sites is 1. The molecule has 8 nitrogen and oxygen atoms in total. The van der Waals surface area contributed by atoms with E-state index in [9.17, 15) is 9.59 Å². The van der Waals surface area contributed by atoms with Gasteiger partial charge in [-0.15, -0.1) is 0 Å². The van der Waals surface area contributed by atoms with Crippen molar-refractivity contribution in [1.29, 1.82) is 0 Å². The average molecular weight is 419 g/mol. The molecule has 0 saturated carbocycles. The molecule has 3 amide bonds. The predicted molar refractivity (Wildman–Crippen MR) is 117 cm³/mol. The van der Waals surface area contributed by atoms with Crippen LogP contribution in [0.1, 0.15) is 29.3 Å². The summed E-state index contributed by atoms with van der Waals surface area (Å²) in [6, 6.07) is 16.5. The van der Waals surface area contributed by atoms with Gasteiger partial charge in [0.25, 0.3) is 0 Å². The molecule has 1 aliphatic heterocycles. The number of hydrogen-bond acceptors (Lipinski definition) is 4. The number of carbonyl (C=O) groups excluding carboxylic acids is 2. The van der Waals surface area contributed by atoms with E-state index in [0.717, 1.165) is 22.5 Å². The maximum atomic E-state index is 13.0. The number of nitrogens with zero attached hydrogens (tertiary/aromatic N) is 2. The van der Waals surface area contributed by atoms with Crippen LogP contribution in [-0.2, 0) is 16.1 Å². The minimum atomic E-state index is -0.613. The third kappa shape index (κ3) is 4.59. The first-order valence-electron chi connectivity index (χ1n) is 10.2. The molecule has 1 aliphatic rings. The zero-order valence-corrected chi connectivity index (χ0v) is 17.2. The highest BCUT2D eigenvalue weighted by Crippen LogP contribution is 2.36. The van der Waals surface area contributed by atoms with E-state index in [0.29, 0.717) is 25.3 Å². The molecule has 4 N–H and O–H groups in total. The van der Waals surface area contributed by atoms with E-state index < -0.39 is 6.03 Å². The molecular weight excluding hydrogens is 394 g/mol. The number of ether oxygens (including phenoxy) is 1. The first-order valence-corrected chi connectivity index (χ1v) is 10.2. The Morgan fingerprint density at radius 3 is 2.68 bits per heavy atom. The molecule has 3 aromatic rings. The quantitative estimate of drug-likeness (QED) is 0.570. The van der Waals surface area contributed by atoms with E-state index in [1.165, 1.54) is 0 Å². The van der Waals surface area contributed by atoms with Gasteiger partial charge >= 0.3 is 6.03 Å². The zero-order chi connectivity index (χ0) is 21.8. The van der Waals surface area contributed by atoms with Crippen molar-refractivity contribution in [3.63, 3.8) is 0 Å². The highest BCUT2D eigenvalue weighted by atomic mass is 16.5. The van der Waals surface area contributed by atoms with Crippen molar-refractivity contribution in [3.8, 4) is 5.69 Å². The first-order chi connectivity index (χ1) is 15.0. The van der Waals surface area contributed by atoms with Crippen LogP contribution >= 0.6 is 0 Å². The van der Waals surface area contributed by atoms with Crippen LogP contribution in [0.2, 0.25) is 0 Å². The monoisotopic (exact) mass is 419 g/mol. The fourth-order valence-corrected chi connectivity index (χ4v) is 3.85. The Balaban J connectivity index is 1.45. The molecular formula is C23H25N5O3. The number of carbonyl (C=O) groups is 2. The Labute approximate surface area is 180 Å². The molecule has 160 valence electrons. The number of hydrogen-bond donors (Lipinski definition) is 3. The number of nitrogens with one attached hydrogen (secondary N) is 2. The summed E-state index contributed by atoms with van der Waals surface area (Å²) >= 11 is 0. The summed E-state index contributed by atoms with van der Waals surface area (Å²) in [6.07, 6.45) is 2.03. The van der Waals surface area contributed by atoms with E-state index in [-0.39, 0.29) is 17.9 Å². The summed E-state index contributed by atoms with van der Waals surface area (Å²) in [6.45, 7) is 2.94. The lowest BCUT2D eigenvalue weighted by Crippen LogP contribution is -2.32. The molecule has 2 atom stereocenters. The zero-order valence-electron chi connectivity index (χ0n) is 17.2. The maximum absolute atomic E-state index is 13.0. The van der Waals surface area contributed by atoms with Crippen LogP contribution in [0.3, 0.4) is 0 Å². The number of aryl methyl sites for hydroxylation is 1. The molecule has 1 aromatic heterocycles. The van der Waals surface area contributed by atoms with Crippen molar-refractivity contribution in [3.05, 3.63) is 77.6 Å². The van der Waals surface area contributed by atoms with E-state index >= 15 is 0 Å². The second-order valence-electron chi connectivity index (χ2n) is 7.54. The summed E-state index contributed by atoms with van der Waals surface area (Å²) < 4.78 is 7.82. The summed E-state index contributed by atoms with van der Waals surface area (Å²) in [5.74, 6) is -0.352. The predicted octanol–water partition coefficient (Wildman–Crippen LogP) is 3.07. The maximum Gasteiger partial charge on any atom is 0.316 e. The second kappa shape index (κ2) is 9.01. The lowest BCUT2D eigenvalue weighted by Gasteiger charge is -2.20. The lowest BCUT2D eigenvalue weighted by molar-refractivity contribution is -0.127. The van der Waals surface area contributed by atoms with Crippen LogP contribution in [0.4, 0.5) is 10.5 Å². The second-order valence-corrected chi connectivity index (χ2v) is 7.54. The number of primary amides is 1. The molecule has 2 aromatic carbocycles. The van der Waals surface area contributed by atoms with Crippen LogP contribution in [0.25, 0.3) is 5.69 Å². The fraction of sp³-hybridized carbons (Fsp3) is 0.261. The van der Waals surface area contributed by atoms with Crippen molar-refractivity contribution in [2.75, 3.05) is 11.9 Å². The van der Waals surface area contributed by atoms with E-state index in [1.54, 1.807) is 18.3 Å². The van der Waals surface area contributed by atoms with Crippen LogP contribution in [0, 0.1) is 12.8 Å². The minimum absolute atomic E-state index is 0.0561. The van der Waals surface area contributed by atoms with Crippen molar-refractivity contribution < 1.29 is 14.3 Å². The Kier molecular flexibility index (Phi) is 5.99. The van der Waals surface area contributed by atoms with Gasteiger partial charge in [-0.05, 0) is 48.7 Å². The van der Waals surface area contributed by atoms with Crippen LogP contribution in [-0.4, -0.2) is 28.3 Å². The number of urea groups is 1. The third-order valence-electron chi connectivity index (χ3n) is 5.42.